The van der Waals surface area contributed by atoms with E-state index in [1.54, 1.807) is 6.92 Å². The first-order valence-corrected chi connectivity index (χ1v) is 7.78. The van der Waals surface area contributed by atoms with Crippen LogP contribution in [0.5, 0.6) is 0 Å². The molecular weight excluding hydrogens is 287 g/mol. The molecule has 19 heavy (non-hydrogen) atoms. The van der Waals surface area contributed by atoms with E-state index >= 15 is 0 Å². The summed E-state index contributed by atoms with van der Waals surface area (Å²) >= 11 is 12.3. The summed E-state index contributed by atoms with van der Waals surface area (Å²) in [5, 5.41) is 9.92. The maximum absolute atomic E-state index is 11.3. The summed E-state index contributed by atoms with van der Waals surface area (Å²) in [5.74, 6) is 0.338. The quantitative estimate of drug-likeness (QED) is 0.778. The van der Waals surface area contributed by atoms with Crippen molar-refractivity contribution in [2.45, 2.75) is 36.6 Å². The van der Waals surface area contributed by atoms with E-state index in [9.17, 15) is 9.90 Å². The van der Waals surface area contributed by atoms with Gasteiger partial charge in [0.2, 0.25) is 5.91 Å². The van der Waals surface area contributed by atoms with Gasteiger partial charge in [-0.15, -0.1) is 23.2 Å². The third kappa shape index (κ3) is 3.97. The Kier molecular flexibility index (Phi) is 5.35. The van der Waals surface area contributed by atoms with E-state index in [0.717, 1.165) is 39.1 Å². The third-order valence-electron chi connectivity index (χ3n) is 4.24. The fourth-order valence-corrected chi connectivity index (χ4v) is 3.56. The number of hydrogen-bond acceptors (Lipinski definition) is 3. The number of aliphatic hydroxyl groups is 1. The van der Waals surface area contributed by atoms with E-state index in [2.05, 4.69) is 4.90 Å². The predicted molar refractivity (Wildman–Crippen MR) is 76.7 cm³/mol. The lowest BCUT2D eigenvalue weighted by molar-refractivity contribution is -0.130. The molecule has 0 aromatic carbocycles. The molecule has 6 heteroatoms. The van der Waals surface area contributed by atoms with Crippen LogP contribution in [0.1, 0.15) is 19.8 Å². The van der Waals surface area contributed by atoms with Crippen LogP contribution < -0.4 is 0 Å². The second-order valence-electron chi connectivity index (χ2n) is 5.64. The second-order valence-corrected chi connectivity index (χ2v) is 6.76. The molecule has 0 spiro atoms. The fraction of sp³-hybridized carbons (Fsp3) is 0.923. The van der Waals surface area contributed by atoms with Gasteiger partial charge in [0, 0.05) is 39.6 Å². The molecule has 1 saturated carbocycles. The van der Waals surface area contributed by atoms with Crippen LogP contribution in [0.15, 0.2) is 0 Å². The van der Waals surface area contributed by atoms with Crippen molar-refractivity contribution in [2.24, 2.45) is 5.92 Å². The van der Waals surface area contributed by atoms with Crippen molar-refractivity contribution in [1.29, 1.82) is 0 Å². The normalized spacial score (nSPS) is 37.4. The highest BCUT2D eigenvalue weighted by Crippen LogP contribution is 2.32. The van der Waals surface area contributed by atoms with Gasteiger partial charge in [-0.05, 0) is 18.8 Å². The Morgan fingerprint density at radius 1 is 1.16 bits per heavy atom. The fourth-order valence-electron chi connectivity index (χ4n) is 2.94. The first-order chi connectivity index (χ1) is 8.97. The molecule has 110 valence electrons. The van der Waals surface area contributed by atoms with Gasteiger partial charge >= 0.3 is 0 Å². The lowest BCUT2D eigenvalue weighted by Gasteiger charge is -2.40. The molecule has 1 aliphatic heterocycles. The first-order valence-electron chi connectivity index (χ1n) is 6.91. The van der Waals surface area contributed by atoms with Crippen LogP contribution in [0.2, 0.25) is 0 Å². The van der Waals surface area contributed by atoms with Crippen LogP contribution in [0.3, 0.4) is 0 Å². The van der Waals surface area contributed by atoms with Crippen LogP contribution >= 0.6 is 23.2 Å². The van der Waals surface area contributed by atoms with Crippen LogP contribution in [0.4, 0.5) is 0 Å². The largest absolute Gasteiger partial charge is 0.393 e. The molecule has 1 amide bonds. The van der Waals surface area contributed by atoms with Crippen LogP contribution in [0.25, 0.3) is 0 Å². The monoisotopic (exact) mass is 308 g/mol. The number of halogens is 2. The highest BCUT2D eigenvalue weighted by Gasteiger charge is 2.35. The number of amides is 1. The van der Waals surface area contributed by atoms with E-state index in [4.69, 9.17) is 23.2 Å². The van der Waals surface area contributed by atoms with Crippen molar-refractivity contribution in [3.05, 3.63) is 0 Å². The van der Waals surface area contributed by atoms with Gasteiger partial charge in [0.05, 0.1) is 16.9 Å². The Balaban J connectivity index is 1.80. The second kappa shape index (κ2) is 6.61. The van der Waals surface area contributed by atoms with Crippen LogP contribution in [0, 0.1) is 5.92 Å². The Morgan fingerprint density at radius 2 is 1.74 bits per heavy atom. The first kappa shape index (κ1) is 15.4. The topological polar surface area (TPSA) is 43.8 Å². The van der Waals surface area contributed by atoms with Crippen molar-refractivity contribution >= 4 is 29.1 Å². The van der Waals surface area contributed by atoms with Crippen molar-refractivity contribution < 1.29 is 9.90 Å². The van der Waals surface area contributed by atoms with E-state index in [0.29, 0.717) is 6.42 Å². The summed E-state index contributed by atoms with van der Waals surface area (Å²) in [6, 6.07) is 0. The summed E-state index contributed by atoms with van der Waals surface area (Å²) in [5.41, 5.74) is 0. The van der Waals surface area contributed by atoms with Crippen molar-refractivity contribution in [3.8, 4) is 0 Å². The van der Waals surface area contributed by atoms with Gasteiger partial charge in [0.15, 0.2) is 0 Å². The minimum absolute atomic E-state index is 0.0476. The van der Waals surface area contributed by atoms with E-state index < -0.39 is 0 Å². The van der Waals surface area contributed by atoms with Crippen molar-refractivity contribution in [1.82, 2.24) is 9.80 Å². The number of carbonyl (C=O) groups excluding carboxylic acids is 1. The smallest absolute Gasteiger partial charge is 0.219 e. The molecule has 1 saturated heterocycles. The Morgan fingerprint density at radius 3 is 2.32 bits per heavy atom. The molecule has 0 aromatic rings. The lowest BCUT2D eigenvalue weighted by atomic mass is 9.85. The molecule has 1 aliphatic carbocycles. The molecule has 4 atom stereocenters. The number of carbonyl (C=O) groups is 1. The molecule has 0 bridgehead atoms. The van der Waals surface area contributed by atoms with Gasteiger partial charge in [-0.25, -0.2) is 0 Å². The summed E-state index contributed by atoms with van der Waals surface area (Å²) in [6.45, 7) is 5.76. The number of hydrogen-bond donors (Lipinski definition) is 1. The summed E-state index contributed by atoms with van der Waals surface area (Å²) in [4.78, 5) is 15.4. The third-order valence-corrected chi connectivity index (χ3v) is 5.34. The molecule has 2 rings (SSSR count). The minimum atomic E-state index is -0.358. The molecule has 0 aromatic heterocycles. The molecule has 4 nitrogen and oxygen atoms in total. The van der Waals surface area contributed by atoms with Gasteiger partial charge in [-0.1, -0.05) is 0 Å². The summed E-state index contributed by atoms with van der Waals surface area (Å²) < 4.78 is 0. The van der Waals surface area contributed by atoms with Gasteiger partial charge in [-0.3, -0.25) is 9.69 Å². The number of aliphatic hydroxyl groups excluding tert-OH is 1. The van der Waals surface area contributed by atoms with Crippen LogP contribution in [-0.4, -0.2) is 70.4 Å². The summed E-state index contributed by atoms with van der Waals surface area (Å²) in [7, 11) is 0. The molecule has 0 radical (unpaired) electrons. The Labute approximate surface area is 124 Å². The molecular formula is C13H22Cl2N2O2. The zero-order valence-electron chi connectivity index (χ0n) is 11.3. The van der Waals surface area contributed by atoms with Crippen molar-refractivity contribution in [3.63, 3.8) is 0 Å². The maximum Gasteiger partial charge on any atom is 0.219 e. The zero-order chi connectivity index (χ0) is 14.0. The van der Waals surface area contributed by atoms with Gasteiger partial charge in [-0.2, -0.15) is 0 Å². The van der Waals surface area contributed by atoms with Gasteiger partial charge < -0.3 is 10.0 Å². The standard InChI is InChI=1S/C13H22Cl2N2O2/c1-9(18)17-4-2-16(3-5-17)8-10-6-11(14)12(15)7-13(10)19/h10-13,19H,2-8H2,1H3. The van der Waals surface area contributed by atoms with Gasteiger partial charge in [0.25, 0.3) is 0 Å². The van der Waals surface area contributed by atoms with Crippen molar-refractivity contribution in [2.75, 3.05) is 32.7 Å². The number of rotatable bonds is 2. The van der Waals surface area contributed by atoms with Crippen LogP contribution in [-0.2, 0) is 4.79 Å². The Hall–Kier alpha value is -0.0300. The summed E-state index contributed by atoms with van der Waals surface area (Å²) in [6.07, 6.45) is 0.987. The maximum atomic E-state index is 11.3. The predicted octanol–water partition coefficient (Wildman–Crippen LogP) is 1.14. The van der Waals surface area contributed by atoms with E-state index in [1.807, 2.05) is 4.90 Å². The Bertz CT molecular complexity index is 322. The SMILES string of the molecule is CC(=O)N1CCN(CC2CC(Cl)C(Cl)CC2O)CC1. The molecule has 1 N–H and O–H groups in total. The van der Waals surface area contributed by atoms with E-state index in [1.165, 1.54) is 0 Å². The minimum Gasteiger partial charge on any atom is -0.393 e. The zero-order valence-corrected chi connectivity index (χ0v) is 12.8. The average Bonchev–Trinajstić information content (AvgIpc) is 2.36. The highest BCUT2D eigenvalue weighted by atomic mass is 35.5. The van der Waals surface area contributed by atoms with Gasteiger partial charge in [0.1, 0.15) is 0 Å². The van der Waals surface area contributed by atoms with E-state index in [-0.39, 0.29) is 28.7 Å². The number of piperazine rings is 1. The molecule has 4 unspecified atom stereocenters. The molecule has 1 heterocycles. The molecule has 2 fully saturated rings. The number of nitrogens with zero attached hydrogens (tertiary/aromatic N) is 2. The number of alkyl halides is 2. The lowest BCUT2D eigenvalue weighted by Crippen LogP contribution is -2.51. The highest BCUT2D eigenvalue weighted by molar-refractivity contribution is 6.30. The average molecular weight is 309 g/mol. The molecule has 2 aliphatic rings.